The molecule has 1 atom stereocenters. The molecule has 2 N–H and O–H groups in total. The Morgan fingerprint density at radius 3 is 2.16 bits per heavy atom. The fourth-order valence-corrected chi connectivity index (χ4v) is 1.51. The average Bonchev–Trinajstić information content (AvgIpc) is 2.19. The molecule has 1 rings (SSSR count). The Bertz CT molecular complexity index is 408. The van der Waals surface area contributed by atoms with Crippen molar-refractivity contribution in [3.8, 4) is 5.75 Å². The van der Waals surface area contributed by atoms with Crippen molar-refractivity contribution in [2.75, 3.05) is 6.61 Å². The molecule has 0 aromatic heterocycles. The minimum absolute atomic E-state index is 0.261. The zero-order valence-electron chi connectivity index (χ0n) is 10.2. The van der Waals surface area contributed by atoms with Crippen molar-refractivity contribution in [3.05, 3.63) is 29.3 Å². The number of hydrogen-bond donors (Lipinski definition) is 1. The summed E-state index contributed by atoms with van der Waals surface area (Å²) in [6, 6.07) is 1.74. The molecule has 0 saturated heterocycles. The van der Waals surface area contributed by atoms with E-state index in [9.17, 15) is 22.0 Å². The number of nitrogens with two attached hydrogens (primary N) is 1. The van der Waals surface area contributed by atoms with Crippen molar-refractivity contribution in [3.63, 3.8) is 0 Å². The van der Waals surface area contributed by atoms with E-state index in [0.717, 1.165) is 12.1 Å². The van der Waals surface area contributed by atoms with Crippen LogP contribution in [0.5, 0.6) is 5.75 Å². The first-order valence-electron chi connectivity index (χ1n) is 5.62. The van der Waals surface area contributed by atoms with Crippen LogP contribution in [0.4, 0.5) is 22.0 Å². The molecule has 1 unspecified atom stereocenters. The molecule has 0 aliphatic rings. The minimum atomic E-state index is -4.43. The summed E-state index contributed by atoms with van der Waals surface area (Å²) in [7, 11) is 0. The molecule has 2 nitrogen and oxygen atoms in total. The van der Waals surface area contributed by atoms with E-state index < -0.39 is 36.6 Å². The van der Waals surface area contributed by atoms with Gasteiger partial charge >= 0.3 is 6.18 Å². The normalized spacial score (nSPS) is 13.4. The lowest BCUT2D eigenvalue weighted by atomic mass is 10.1. The number of halogens is 5. The van der Waals surface area contributed by atoms with E-state index in [1.165, 1.54) is 0 Å². The largest absolute Gasteiger partial charge is 0.487 e. The first kappa shape index (κ1) is 15.7. The summed E-state index contributed by atoms with van der Waals surface area (Å²) in [5, 5.41) is 0. The predicted octanol–water partition coefficient (Wildman–Crippen LogP) is 3.19. The van der Waals surface area contributed by atoms with Crippen LogP contribution >= 0.6 is 0 Å². The van der Waals surface area contributed by atoms with Gasteiger partial charge in [0, 0.05) is 6.04 Å². The monoisotopic (exact) mass is 283 g/mol. The van der Waals surface area contributed by atoms with Gasteiger partial charge in [-0.3, -0.25) is 0 Å². The zero-order chi connectivity index (χ0) is 14.6. The lowest BCUT2D eigenvalue weighted by molar-refractivity contribution is -0.139. The van der Waals surface area contributed by atoms with Crippen LogP contribution in [-0.4, -0.2) is 18.8 Å². The molecule has 0 aliphatic heterocycles. The van der Waals surface area contributed by atoms with E-state index in [0.29, 0.717) is 5.56 Å². The maximum Gasteiger partial charge on any atom is 0.392 e. The van der Waals surface area contributed by atoms with Crippen LogP contribution in [0.3, 0.4) is 0 Å². The van der Waals surface area contributed by atoms with Gasteiger partial charge in [-0.15, -0.1) is 0 Å². The van der Waals surface area contributed by atoms with Crippen LogP contribution in [0.2, 0.25) is 0 Å². The summed E-state index contributed by atoms with van der Waals surface area (Å²) in [6.07, 6.45) is -5.44. The van der Waals surface area contributed by atoms with Gasteiger partial charge in [0.05, 0.1) is 13.0 Å². The van der Waals surface area contributed by atoms with Crippen LogP contribution in [-0.2, 0) is 6.42 Å². The Morgan fingerprint density at radius 2 is 1.74 bits per heavy atom. The zero-order valence-corrected chi connectivity index (χ0v) is 10.2. The van der Waals surface area contributed by atoms with E-state index in [4.69, 9.17) is 5.73 Å². The van der Waals surface area contributed by atoms with Gasteiger partial charge in [0.1, 0.15) is 0 Å². The molecule has 0 bridgehead atoms. The molecule has 0 radical (unpaired) electrons. The van der Waals surface area contributed by atoms with Crippen molar-refractivity contribution in [1.29, 1.82) is 0 Å². The Kier molecular flexibility index (Phi) is 5.11. The van der Waals surface area contributed by atoms with Crippen LogP contribution in [0, 0.1) is 11.6 Å². The van der Waals surface area contributed by atoms with Gasteiger partial charge in [-0.25, -0.2) is 8.78 Å². The van der Waals surface area contributed by atoms with Crippen LogP contribution in [0.15, 0.2) is 12.1 Å². The summed E-state index contributed by atoms with van der Waals surface area (Å²) < 4.78 is 67.1. The average molecular weight is 283 g/mol. The molecular formula is C12H14F5NO. The Labute approximate surface area is 107 Å². The van der Waals surface area contributed by atoms with E-state index >= 15 is 0 Å². The molecule has 0 spiro atoms. The second-order valence-corrected chi connectivity index (χ2v) is 4.28. The molecule has 0 fully saturated rings. The molecule has 0 aliphatic carbocycles. The molecule has 19 heavy (non-hydrogen) atoms. The first-order chi connectivity index (χ1) is 8.69. The smallest absolute Gasteiger partial charge is 0.392 e. The van der Waals surface area contributed by atoms with E-state index in [1.54, 1.807) is 6.92 Å². The molecule has 0 saturated carbocycles. The number of alkyl halides is 3. The van der Waals surface area contributed by atoms with Gasteiger partial charge in [-0.2, -0.15) is 13.2 Å². The first-order valence-corrected chi connectivity index (χ1v) is 5.62. The van der Waals surface area contributed by atoms with Crippen molar-refractivity contribution in [2.45, 2.75) is 32.0 Å². The van der Waals surface area contributed by atoms with Crippen molar-refractivity contribution < 1.29 is 26.7 Å². The lowest BCUT2D eigenvalue weighted by Crippen LogP contribution is -2.18. The summed E-state index contributed by atoms with van der Waals surface area (Å²) in [4.78, 5) is 0. The maximum absolute atomic E-state index is 13.5. The quantitative estimate of drug-likeness (QED) is 0.842. The third-order valence-corrected chi connectivity index (χ3v) is 2.25. The highest BCUT2D eigenvalue weighted by atomic mass is 19.4. The second-order valence-electron chi connectivity index (χ2n) is 4.28. The van der Waals surface area contributed by atoms with Gasteiger partial charge < -0.3 is 10.5 Å². The molecule has 1 aromatic carbocycles. The van der Waals surface area contributed by atoms with Crippen LogP contribution in [0.25, 0.3) is 0 Å². The maximum atomic E-state index is 13.5. The highest BCUT2D eigenvalue weighted by Gasteiger charge is 2.27. The van der Waals surface area contributed by atoms with Gasteiger partial charge in [0.25, 0.3) is 0 Å². The molecule has 0 amide bonds. The Hall–Kier alpha value is -1.37. The SMILES string of the molecule is CC(N)Cc1cc(F)c(OCCC(F)(F)F)c(F)c1. The number of rotatable bonds is 5. The number of benzene rings is 1. The van der Waals surface area contributed by atoms with E-state index in [-0.39, 0.29) is 12.5 Å². The van der Waals surface area contributed by atoms with Crippen LogP contribution < -0.4 is 10.5 Å². The summed E-state index contributed by atoms with van der Waals surface area (Å²) in [5.41, 5.74) is 5.82. The van der Waals surface area contributed by atoms with E-state index in [2.05, 4.69) is 4.74 Å². The summed E-state index contributed by atoms with van der Waals surface area (Å²) in [6.45, 7) is 0.841. The topological polar surface area (TPSA) is 35.2 Å². The molecule has 1 aromatic rings. The van der Waals surface area contributed by atoms with Crippen molar-refractivity contribution in [2.24, 2.45) is 5.73 Å². The van der Waals surface area contributed by atoms with Gasteiger partial charge in [0.2, 0.25) is 0 Å². The minimum Gasteiger partial charge on any atom is -0.487 e. The molecule has 7 heteroatoms. The van der Waals surface area contributed by atoms with Gasteiger partial charge in [-0.1, -0.05) is 0 Å². The highest BCUT2D eigenvalue weighted by Crippen LogP contribution is 2.26. The number of ether oxygens (including phenoxy) is 1. The standard InChI is InChI=1S/C12H14F5NO/c1-7(18)4-8-5-9(13)11(10(14)6-8)19-3-2-12(15,16)17/h5-7H,2-4,18H2,1H3. The molecule has 108 valence electrons. The van der Waals surface area contributed by atoms with Gasteiger partial charge in [-0.05, 0) is 31.0 Å². The van der Waals surface area contributed by atoms with Crippen molar-refractivity contribution >= 4 is 0 Å². The Balaban J connectivity index is 2.74. The third-order valence-electron chi connectivity index (χ3n) is 2.25. The van der Waals surface area contributed by atoms with Gasteiger partial charge in [0.15, 0.2) is 17.4 Å². The summed E-state index contributed by atoms with van der Waals surface area (Å²) >= 11 is 0. The number of hydrogen-bond acceptors (Lipinski definition) is 2. The molecular weight excluding hydrogens is 269 g/mol. The van der Waals surface area contributed by atoms with Crippen molar-refractivity contribution in [1.82, 2.24) is 0 Å². The van der Waals surface area contributed by atoms with Crippen LogP contribution in [0.1, 0.15) is 18.9 Å². The highest BCUT2D eigenvalue weighted by molar-refractivity contribution is 5.31. The van der Waals surface area contributed by atoms with E-state index in [1.807, 2.05) is 0 Å². The summed E-state index contributed by atoms with van der Waals surface area (Å²) in [5.74, 6) is -2.85. The fraction of sp³-hybridized carbons (Fsp3) is 0.500. The Morgan fingerprint density at radius 1 is 1.21 bits per heavy atom. The molecule has 0 heterocycles. The fourth-order valence-electron chi connectivity index (χ4n) is 1.51. The second kappa shape index (κ2) is 6.18. The predicted molar refractivity (Wildman–Crippen MR) is 59.9 cm³/mol. The third kappa shape index (κ3) is 5.42. The lowest BCUT2D eigenvalue weighted by Gasteiger charge is -2.12.